The van der Waals surface area contributed by atoms with Crippen molar-refractivity contribution < 1.29 is 19.1 Å². The number of carboxylic acids is 1. The van der Waals surface area contributed by atoms with Crippen LogP contribution in [-0.2, 0) is 6.54 Å². The lowest BCUT2D eigenvalue weighted by atomic mass is 10.1. The maximum Gasteiger partial charge on any atom is 0.335 e. The molecule has 0 unspecified atom stereocenters. The second-order valence-electron chi connectivity index (χ2n) is 7.06. The Labute approximate surface area is 164 Å². The van der Waals surface area contributed by atoms with E-state index in [2.05, 4.69) is 11.0 Å². The van der Waals surface area contributed by atoms with Gasteiger partial charge in [-0.3, -0.25) is 4.90 Å². The number of hydrogen-bond acceptors (Lipinski definition) is 4. The summed E-state index contributed by atoms with van der Waals surface area (Å²) >= 11 is 0. The van der Waals surface area contributed by atoms with Gasteiger partial charge >= 0.3 is 5.97 Å². The summed E-state index contributed by atoms with van der Waals surface area (Å²) in [4.78, 5) is 13.6. The van der Waals surface area contributed by atoms with Gasteiger partial charge in [0.1, 0.15) is 17.3 Å². The van der Waals surface area contributed by atoms with Crippen LogP contribution in [0, 0.1) is 0 Å². The Morgan fingerprint density at radius 1 is 1.07 bits per heavy atom. The van der Waals surface area contributed by atoms with E-state index in [-0.39, 0.29) is 5.56 Å². The van der Waals surface area contributed by atoms with E-state index in [0.29, 0.717) is 0 Å². The maximum atomic E-state index is 11.2. The fourth-order valence-corrected chi connectivity index (χ4v) is 3.65. The highest BCUT2D eigenvalue weighted by molar-refractivity contribution is 5.88. The molecule has 144 valence electrons. The average Bonchev–Trinajstić information content (AvgIpc) is 3.38. The number of benzene rings is 2. The van der Waals surface area contributed by atoms with Crippen molar-refractivity contribution in [1.82, 2.24) is 4.90 Å². The first-order chi connectivity index (χ1) is 13.6. The van der Waals surface area contributed by atoms with Gasteiger partial charge in [-0.15, -0.1) is 0 Å². The summed E-state index contributed by atoms with van der Waals surface area (Å²) in [6, 6.07) is 16.7. The standard InChI is InChI=1S/C23H23NO4/c1-27-20-6-4-5-18(13-20)21-14-19(15-24-11-2-3-12-24)22(28-21)16-7-9-17(10-8-16)23(25)26/h4-10,13-14H,2-3,11-12,15H2,1H3,(H,25,26). The fraction of sp³-hybridized carbons (Fsp3) is 0.261. The van der Waals surface area contributed by atoms with Gasteiger partial charge in [0.25, 0.3) is 0 Å². The van der Waals surface area contributed by atoms with Crippen LogP contribution in [-0.4, -0.2) is 36.2 Å². The number of rotatable bonds is 6. The predicted octanol–water partition coefficient (Wildman–Crippen LogP) is 4.92. The Morgan fingerprint density at radius 2 is 1.82 bits per heavy atom. The van der Waals surface area contributed by atoms with Gasteiger partial charge < -0.3 is 14.3 Å². The molecule has 3 aromatic rings. The summed E-state index contributed by atoms with van der Waals surface area (Å²) in [5, 5.41) is 9.15. The molecule has 0 atom stereocenters. The van der Waals surface area contributed by atoms with Crippen molar-refractivity contribution in [3.05, 3.63) is 65.7 Å². The van der Waals surface area contributed by atoms with E-state index >= 15 is 0 Å². The first-order valence-corrected chi connectivity index (χ1v) is 9.47. The Hall–Kier alpha value is -3.05. The monoisotopic (exact) mass is 377 g/mol. The Morgan fingerprint density at radius 3 is 2.50 bits per heavy atom. The first-order valence-electron chi connectivity index (χ1n) is 9.47. The third kappa shape index (κ3) is 3.80. The van der Waals surface area contributed by atoms with Crippen LogP contribution in [0.2, 0.25) is 0 Å². The largest absolute Gasteiger partial charge is 0.497 e. The van der Waals surface area contributed by atoms with Crippen molar-refractivity contribution in [1.29, 1.82) is 0 Å². The second-order valence-corrected chi connectivity index (χ2v) is 7.06. The number of nitrogens with zero attached hydrogens (tertiary/aromatic N) is 1. The molecule has 1 N–H and O–H groups in total. The minimum absolute atomic E-state index is 0.268. The molecule has 2 heterocycles. The van der Waals surface area contributed by atoms with Crippen LogP contribution in [0.3, 0.4) is 0 Å². The molecule has 0 radical (unpaired) electrons. The summed E-state index contributed by atoms with van der Waals surface area (Å²) < 4.78 is 11.6. The minimum atomic E-state index is -0.930. The fourth-order valence-electron chi connectivity index (χ4n) is 3.65. The molecular formula is C23H23NO4. The zero-order valence-corrected chi connectivity index (χ0v) is 15.9. The molecule has 1 fully saturated rings. The molecule has 0 aliphatic carbocycles. The molecule has 0 bridgehead atoms. The normalized spacial score (nSPS) is 14.3. The van der Waals surface area contributed by atoms with Gasteiger partial charge in [0.15, 0.2) is 0 Å². The molecular weight excluding hydrogens is 354 g/mol. The lowest BCUT2D eigenvalue weighted by Crippen LogP contribution is -2.18. The highest BCUT2D eigenvalue weighted by Gasteiger charge is 2.19. The van der Waals surface area contributed by atoms with Gasteiger partial charge in [0, 0.05) is 23.2 Å². The first kappa shape index (κ1) is 18.3. The van der Waals surface area contributed by atoms with E-state index in [1.165, 1.54) is 12.8 Å². The lowest BCUT2D eigenvalue weighted by Gasteiger charge is -2.14. The van der Waals surface area contributed by atoms with Gasteiger partial charge in [-0.25, -0.2) is 4.79 Å². The number of methoxy groups -OCH3 is 1. The number of hydrogen-bond donors (Lipinski definition) is 1. The zero-order valence-electron chi connectivity index (χ0n) is 15.9. The SMILES string of the molecule is COc1cccc(-c2cc(CN3CCCC3)c(-c3ccc(C(=O)O)cc3)o2)c1. The topological polar surface area (TPSA) is 62.9 Å². The smallest absolute Gasteiger partial charge is 0.335 e. The molecule has 5 nitrogen and oxygen atoms in total. The van der Waals surface area contributed by atoms with Crippen molar-refractivity contribution in [3.8, 4) is 28.4 Å². The van der Waals surface area contributed by atoms with E-state index in [4.69, 9.17) is 14.3 Å². The molecule has 5 heteroatoms. The van der Waals surface area contributed by atoms with Gasteiger partial charge in [-0.05, 0) is 56.3 Å². The van der Waals surface area contributed by atoms with Gasteiger partial charge in [-0.2, -0.15) is 0 Å². The van der Waals surface area contributed by atoms with Gasteiger partial charge in [0.2, 0.25) is 0 Å². The summed E-state index contributed by atoms with van der Waals surface area (Å²) in [5.41, 5.74) is 3.22. The number of aromatic carboxylic acids is 1. The Bertz CT molecular complexity index is 969. The number of ether oxygens (including phenoxy) is 1. The average molecular weight is 377 g/mol. The lowest BCUT2D eigenvalue weighted by molar-refractivity contribution is 0.0697. The summed E-state index contributed by atoms with van der Waals surface area (Å²) in [6.07, 6.45) is 2.45. The Kier molecular flexibility index (Phi) is 5.17. The Balaban J connectivity index is 1.73. The molecule has 1 aromatic heterocycles. The molecule has 0 spiro atoms. The molecule has 28 heavy (non-hydrogen) atoms. The highest BCUT2D eigenvalue weighted by Crippen LogP contribution is 2.35. The van der Waals surface area contributed by atoms with Crippen molar-refractivity contribution in [3.63, 3.8) is 0 Å². The van der Waals surface area contributed by atoms with Crippen LogP contribution in [0.15, 0.2) is 59.0 Å². The van der Waals surface area contributed by atoms with Gasteiger partial charge in [-0.1, -0.05) is 24.3 Å². The third-order valence-corrected chi connectivity index (χ3v) is 5.15. The molecule has 0 amide bonds. The van der Waals surface area contributed by atoms with Crippen molar-refractivity contribution >= 4 is 5.97 Å². The van der Waals surface area contributed by atoms with Crippen molar-refractivity contribution in [2.45, 2.75) is 19.4 Å². The molecule has 4 rings (SSSR count). The second kappa shape index (κ2) is 7.90. The van der Waals surface area contributed by atoms with E-state index in [1.807, 2.05) is 36.4 Å². The van der Waals surface area contributed by atoms with E-state index < -0.39 is 5.97 Å². The number of likely N-dealkylation sites (tertiary alicyclic amines) is 1. The van der Waals surface area contributed by atoms with Gasteiger partial charge in [0.05, 0.1) is 12.7 Å². The quantitative estimate of drug-likeness (QED) is 0.661. The number of furan rings is 1. The molecule has 1 saturated heterocycles. The number of carbonyl (C=O) groups is 1. The molecule has 0 saturated carbocycles. The zero-order chi connectivity index (χ0) is 19.5. The maximum absolute atomic E-state index is 11.2. The van der Waals surface area contributed by atoms with Crippen LogP contribution in [0.25, 0.3) is 22.6 Å². The molecule has 1 aliphatic rings. The molecule has 1 aliphatic heterocycles. The van der Waals surface area contributed by atoms with E-state index in [1.54, 1.807) is 19.2 Å². The van der Waals surface area contributed by atoms with E-state index in [9.17, 15) is 4.79 Å². The molecule has 2 aromatic carbocycles. The van der Waals surface area contributed by atoms with Crippen LogP contribution in [0.5, 0.6) is 5.75 Å². The highest BCUT2D eigenvalue weighted by atomic mass is 16.5. The summed E-state index contributed by atoms with van der Waals surface area (Å²) in [7, 11) is 1.65. The van der Waals surface area contributed by atoms with Crippen LogP contribution >= 0.6 is 0 Å². The van der Waals surface area contributed by atoms with Crippen molar-refractivity contribution in [2.24, 2.45) is 0 Å². The van der Waals surface area contributed by atoms with Crippen LogP contribution in [0.1, 0.15) is 28.8 Å². The van der Waals surface area contributed by atoms with E-state index in [0.717, 1.165) is 53.6 Å². The summed E-state index contributed by atoms with van der Waals surface area (Å²) in [5.74, 6) is 1.43. The van der Waals surface area contributed by atoms with Crippen LogP contribution in [0.4, 0.5) is 0 Å². The van der Waals surface area contributed by atoms with Crippen molar-refractivity contribution in [2.75, 3.05) is 20.2 Å². The third-order valence-electron chi connectivity index (χ3n) is 5.15. The number of carboxylic acid groups (broad SMARTS) is 1. The van der Waals surface area contributed by atoms with Crippen LogP contribution < -0.4 is 4.74 Å². The predicted molar refractivity (Wildman–Crippen MR) is 108 cm³/mol. The summed E-state index contributed by atoms with van der Waals surface area (Å²) in [6.45, 7) is 3.01. The minimum Gasteiger partial charge on any atom is -0.497 e.